The molecule has 0 aliphatic carbocycles. The summed E-state index contributed by atoms with van der Waals surface area (Å²) in [4.78, 5) is 49.3. The standard InChI is InChI=1S/C25H14Br2F3N3O7/c1-39-20-10-12(8-16-22(34)31-24(36)32(23(16)35)15-5-3-14(26)4-6-15)9-17(27)21(20)40-19-7-2-13(25(28,29)30)11-18(19)33(37)38/h2-11H,1H3,(H,31,34,36)/b16-8+. The lowest BCUT2D eigenvalue weighted by Gasteiger charge is -2.26. The molecule has 0 saturated carbocycles. The van der Waals surface area contributed by atoms with Crippen molar-refractivity contribution in [2.45, 2.75) is 6.18 Å². The summed E-state index contributed by atoms with van der Waals surface area (Å²) in [6, 6.07) is 9.77. The van der Waals surface area contributed by atoms with Gasteiger partial charge in [0.2, 0.25) is 5.75 Å². The maximum Gasteiger partial charge on any atom is 0.416 e. The molecule has 1 heterocycles. The van der Waals surface area contributed by atoms with Gasteiger partial charge >= 0.3 is 17.9 Å². The predicted molar refractivity (Wildman–Crippen MR) is 142 cm³/mol. The fourth-order valence-electron chi connectivity index (χ4n) is 3.60. The average molecular weight is 685 g/mol. The van der Waals surface area contributed by atoms with Crippen molar-refractivity contribution < 1.29 is 42.0 Å². The Labute approximate surface area is 239 Å². The molecule has 206 valence electrons. The number of ether oxygens (including phenoxy) is 2. The van der Waals surface area contributed by atoms with Crippen LogP contribution >= 0.6 is 31.9 Å². The van der Waals surface area contributed by atoms with Gasteiger partial charge in [-0.25, -0.2) is 9.69 Å². The van der Waals surface area contributed by atoms with Crippen LogP contribution in [0.2, 0.25) is 0 Å². The summed E-state index contributed by atoms with van der Waals surface area (Å²) in [5.41, 5.74) is -2.11. The molecular formula is C25H14Br2F3N3O7. The monoisotopic (exact) mass is 683 g/mol. The molecule has 40 heavy (non-hydrogen) atoms. The maximum absolute atomic E-state index is 13.1. The highest BCUT2D eigenvalue weighted by molar-refractivity contribution is 9.10. The number of nitro groups is 1. The highest BCUT2D eigenvalue weighted by atomic mass is 79.9. The second-order valence-electron chi connectivity index (χ2n) is 8.01. The molecule has 0 atom stereocenters. The van der Waals surface area contributed by atoms with Gasteiger partial charge in [0.1, 0.15) is 5.57 Å². The van der Waals surface area contributed by atoms with E-state index in [0.717, 1.165) is 11.0 Å². The number of nitrogens with one attached hydrogen (secondary N) is 1. The van der Waals surface area contributed by atoms with Crippen LogP contribution < -0.4 is 19.7 Å². The van der Waals surface area contributed by atoms with E-state index >= 15 is 0 Å². The number of benzene rings is 3. The molecule has 4 rings (SSSR count). The third-order valence-electron chi connectivity index (χ3n) is 5.44. The zero-order chi connectivity index (χ0) is 29.4. The van der Waals surface area contributed by atoms with Crippen molar-refractivity contribution in [1.29, 1.82) is 0 Å². The Hall–Kier alpha value is -4.24. The van der Waals surface area contributed by atoms with Gasteiger partial charge in [0.25, 0.3) is 11.8 Å². The smallest absolute Gasteiger partial charge is 0.416 e. The molecule has 0 spiro atoms. The number of anilines is 1. The number of imide groups is 2. The van der Waals surface area contributed by atoms with Crippen molar-refractivity contribution in [3.05, 3.63) is 90.4 Å². The van der Waals surface area contributed by atoms with Crippen molar-refractivity contribution in [2.24, 2.45) is 0 Å². The molecule has 4 amide bonds. The number of carbonyl (C=O) groups is 3. The number of hydrogen-bond donors (Lipinski definition) is 1. The highest BCUT2D eigenvalue weighted by Crippen LogP contribution is 2.44. The normalized spacial score (nSPS) is 14.8. The van der Waals surface area contributed by atoms with E-state index in [1.54, 1.807) is 12.1 Å². The van der Waals surface area contributed by atoms with Crippen LogP contribution in [0.5, 0.6) is 17.2 Å². The summed E-state index contributed by atoms with van der Waals surface area (Å²) in [5, 5.41) is 13.5. The van der Waals surface area contributed by atoms with Crippen molar-refractivity contribution in [3.63, 3.8) is 0 Å². The molecule has 10 nitrogen and oxygen atoms in total. The molecule has 0 bridgehead atoms. The molecule has 1 saturated heterocycles. The van der Waals surface area contributed by atoms with E-state index in [4.69, 9.17) is 9.47 Å². The van der Waals surface area contributed by atoms with Gasteiger partial charge in [0.05, 0.1) is 27.8 Å². The molecule has 15 heteroatoms. The van der Waals surface area contributed by atoms with Gasteiger partial charge in [0, 0.05) is 10.5 Å². The van der Waals surface area contributed by atoms with E-state index < -0.39 is 45.9 Å². The Kier molecular flexibility index (Phi) is 7.98. The second-order valence-corrected chi connectivity index (χ2v) is 9.78. The minimum absolute atomic E-state index is 0.0417. The number of amides is 4. The number of nitro benzene ring substituents is 1. The zero-order valence-corrected chi connectivity index (χ0v) is 23.1. The molecule has 1 aliphatic heterocycles. The van der Waals surface area contributed by atoms with Crippen LogP contribution in [0.3, 0.4) is 0 Å². The lowest BCUT2D eigenvalue weighted by molar-refractivity contribution is -0.385. The van der Waals surface area contributed by atoms with Crippen molar-refractivity contribution >= 4 is 67.2 Å². The summed E-state index contributed by atoms with van der Waals surface area (Å²) in [6.07, 6.45) is -3.62. The van der Waals surface area contributed by atoms with Crippen LogP contribution in [0.4, 0.5) is 29.3 Å². The van der Waals surface area contributed by atoms with Gasteiger partial charge in [-0.05, 0) is 76.1 Å². The van der Waals surface area contributed by atoms with Crippen molar-refractivity contribution in [3.8, 4) is 17.2 Å². The quantitative estimate of drug-likeness (QED) is 0.134. The number of nitrogens with zero attached hydrogens (tertiary/aromatic N) is 2. The molecule has 0 unspecified atom stereocenters. The van der Waals surface area contributed by atoms with Crippen LogP contribution in [0.25, 0.3) is 6.08 Å². The summed E-state index contributed by atoms with van der Waals surface area (Å²) < 4.78 is 50.8. The number of methoxy groups -OCH3 is 1. The van der Waals surface area contributed by atoms with E-state index in [0.29, 0.717) is 16.6 Å². The summed E-state index contributed by atoms with van der Waals surface area (Å²) in [5.74, 6) is -2.50. The van der Waals surface area contributed by atoms with Gasteiger partial charge in [-0.1, -0.05) is 15.9 Å². The first-order valence-electron chi connectivity index (χ1n) is 10.9. The van der Waals surface area contributed by atoms with Crippen LogP contribution in [-0.2, 0) is 15.8 Å². The number of halogens is 5. The van der Waals surface area contributed by atoms with Crippen LogP contribution in [0.1, 0.15) is 11.1 Å². The average Bonchev–Trinajstić information content (AvgIpc) is 2.88. The fraction of sp³-hybridized carbons (Fsp3) is 0.0800. The van der Waals surface area contributed by atoms with Gasteiger partial charge in [-0.15, -0.1) is 0 Å². The number of rotatable bonds is 6. The van der Waals surface area contributed by atoms with E-state index in [1.807, 2.05) is 0 Å². The number of hydrogen-bond acceptors (Lipinski definition) is 7. The van der Waals surface area contributed by atoms with Gasteiger partial charge in [-0.3, -0.25) is 25.0 Å². The molecule has 0 radical (unpaired) electrons. The number of urea groups is 1. The Morgan fingerprint density at radius 2 is 1.68 bits per heavy atom. The zero-order valence-electron chi connectivity index (χ0n) is 19.9. The maximum atomic E-state index is 13.1. The lowest BCUT2D eigenvalue weighted by Crippen LogP contribution is -2.54. The molecular weight excluding hydrogens is 671 g/mol. The third kappa shape index (κ3) is 5.84. The third-order valence-corrected chi connectivity index (χ3v) is 6.56. The van der Waals surface area contributed by atoms with Gasteiger partial charge in [0.15, 0.2) is 11.5 Å². The molecule has 3 aromatic carbocycles. The Morgan fingerprint density at radius 1 is 1.00 bits per heavy atom. The van der Waals surface area contributed by atoms with Gasteiger partial charge < -0.3 is 9.47 Å². The number of barbiturate groups is 1. The van der Waals surface area contributed by atoms with E-state index in [2.05, 4.69) is 37.2 Å². The predicted octanol–water partition coefficient (Wildman–Crippen LogP) is 6.61. The van der Waals surface area contributed by atoms with E-state index in [9.17, 15) is 37.7 Å². The lowest BCUT2D eigenvalue weighted by atomic mass is 10.1. The minimum atomic E-state index is -4.81. The van der Waals surface area contributed by atoms with Crippen LogP contribution in [0.15, 0.2) is 69.1 Å². The Bertz CT molecular complexity index is 1590. The first-order valence-corrected chi connectivity index (χ1v) is 12.5. The van der Waals surface area contributed by atoms with Crippen molar-refractivity contribution in [1.82, 2.24) is 5.32 Å². The first-order chi connectivity index (χ1) is 18.8. The molecule has 0 aromatic heterocycles. The van der Waals surface area contributed by atoms with E-state index in [-0.39, 0.29) is 32.8 Å². The fourth-order valence-corrected chi connectivity index (χ4v) is 4.41. The first kappa shape index (κ1) is 28.8. The summed E-state index contributed by atoms with van der Waals surface area (Å²) >= 11 is 6.49. The molecule has 1 N–H and O–H groups in total. The largest absolute Gasteiger partial charge is 0.493 e. The van der Waals surface area contributed by atoms with E-state index in [1.165, 1.54) is 37.5 Å². The van der Waals surface area contributed by atoms with Gasteiger partial charge in [-0.2, -0.15) is 13.2 Å². The Morgan fingerprint density at radius 3 is 2.27 bits per heavy atom. The topological polar surface area (TPSA) is 128 Å². The Balaban J connectivity index is 1.71. The van der Waals surface area contributed by atoms with Crippen LogP contribution in [0, 0.1) is 10.1 Å². The molecule has 1 fully saturated rings. The van der Waals surface area contributed by atoms with Crippen LogP contribution in [-0.4, -0.2) is 29.9 Å². The SMILES string of the molecule is COc1cc(/C=C2\C(=O)NC(=O)N(c3ccc(Br)cc3)C2=O)cc(Br)c1Oc1ccc(C(F)(F)F)cc1[N+](=O)[O-]. The summed E-state index contributed by atoms with van der Waals surface area (Å²) in [6.45, 7) is 0. The minimum Gasteiger partial charge on any atom is -0.493 e. The number of carbonyl (C=O) groups excluding carboxylic acids is 3. The number of alkyl halides is 3. The van der Waals surface area contributed by atoms with Crippen molar-refractivity contribution in [2.75, 3.05) is 12.0 Å². The highest BCUT2D eigenvalue weighted by Gasteiger charge is 2.37. The second kappa shape index (κ2) is 11.1. The molecule has 1 aliphatic rings. The summed E-state index contributed by atoms with van der Waals surface area (Å²) in [7, 11) is 1.24. The molecule has 3 aromatic rings.